The molecule has 0 aliphatic heterocycles. The van der Waals surface area contributed by atoms with E-state index in [4.69, 9.17) is 16.3 Å². The van der Waals surface area contributed by atoms with Crippen LogP contribution in [0.1, 0.15) is 30.9 Å². The first-order chi connectivity index (χ1) is 16.5. The molecule has 3 heterocycles. The Morgan fingerprint density at radius 1 is 1.06 bits per heavy atom. The van der Waals surface area contributed by atoms with Gasteiger partial charge < -0.3 is 9.84 Å². The van der Waals surface area contributed by atoms with Crippen molar-refractivity contribution in [3.8, 4) is 22.8 Å². The Kier molecular flexibility index (Phi) is 6.64. The number of hydrogen-bond acceptors (Lipinski definition) is 6. The Balaban J connectivity index is 1.67. The van der Waals surface area contributed by atoms with Crippen LogP contribution in [0.3, 0.4) is 0 Å². The smallest absolute Gasteiger partial charge is 0.277 e. The van der Waals surface area contributed by atoms with Crippen molar-refractivity contribution < 1.29 is 18.6 Å². The first-order valence-corrected chi connectivity index (χ1v) is 10.9. The molecule has 180 valence electrons. The average molecular weight is 499 g/mol. The standard InChI is InChI=1S/C25H21ClF2N4O3/c1-14-10-21(35-13-15-4-5-16(27)11-18(15)28)22(26)23(33)32(14)17-6-8-29-20(12-17)19-7-9-30-24(31-19)25(2,3)34/h4-12,34H,13H2,1-3H3. The van der Waals surface area contributed by atoms with Crippen LogP contribution in [0.5, 0.6) is 5.75 Å². The predicted molar refractivity (Wildman–Crippen MR) is 127 cm³/mol. The maximum Gasteiger partial charge on any atom is 0.277 e. The van der Waals surface area contributed by atoms with E-state index in [-0.39, 0.29) is 28.8 Å². The van der Waals surface area contributed by atoms with Crippen molar-refractivity contribution in [2.75, 3.05) is 0 Å². The number of halogens is 3. The Bertz CT molecular complexity index is 1470. The van der Waals surface area contributed by atoms with Gasteiger partial charge in [-0.2, -0.15) is 0 Å². The summed E-state index contributed by atoms with van der Waals surface area (Å²) >= 11 is 6.30. The van der Waals surface area contributed by atoms with Crippen LogP contribution >= 0.6 is 11.6 Å². The summed E-state index contributed by atoms with van der Waals surface area (Å²) in [6.07, 6.45) is 3.05. The molecule has 0 saturated carbocycles. The fourth-order valence-electron chi connectivity index (χ4n) is 3.40. The van der Waals surface area contributed by atoms with Crippen LogP contribution in [0.25, 0.3) is 17.1 Å². The van der Waals surface area contributed by atoms with Crippen LogP contribution < -0.4 is 10.3 Å². The lowest BCUT2D eigenvalue weighted by atomic mass is 10.1. The van der Waals surface area contributed by atoms with Gasteiger partial charge in [0.25, 0.3) is 5.56 Å². The summed E-state index contributed by atoms with van der Waals surface area (Å²) in [5.41, 5.74) is 0.268. The molecular weight excluding hydrogens is 478 g/mol. The van der Waals surface area contributed by atoms with E-state index in [1.165, 1.54) is 23.0 Å². The molecule has 0 aliphatic rings. The number of pyridine rings is 2. The zero-order valence-corrected chi connectivity index (χ0v) is 19.8. The normalized spacial score (nSPS) is 11.5. The first-order valence-electron chi connectivity index (χ1n) is 10.6. The summed E-state index contributed by atoms with van der Waals surface area (Å²) in [6.45, 7) is 4.62. The third kappa shape index (κ3) is 5.21. The highest BCUT2D eigenvalue weighted by molar-refractivity contribution is 6.31. The van der Waals surface area contributed by atoms with E-state index in [0.717, 1.165) is 12.1 Å². The monoisotopic (exact) mass is 498 g/mol. The summed E-state index contributed by atoms with van der Waals surface area (Å²) in [5.74, 6) is -1.14. The third-order valence-corrected chi connectivity index (χ3v) is 5.51. The van der Waals surface area contributed by atoms with Gasteiger partial charge in [-0.25, -0.2) is 18.7 Å². The molecule has 0 bridgehead atoms. The molecule has 4 rings (SSSR count). The van der Waals surface area contributed by atoms with E-state index >= 15 is 0 Å². The first kappa shape index (κ1) is 24.4. The Morgan fingerprint density at radius 3 is 2.51 bits per heavy atom. The molecule has 35 heavy (non-hydrogen) atoms. The number of hydrogen-bond donors (Lipinski definition) is 1. The summed E-state index contributed by atoms with van der Waals surface area (Å²) in [6, 6.07) is 9.65. The maximum atomic E-state index is 13.9. The van der Waals surface area contributed by atoms with Crippen LogP contribution in [-0.4, -0.2) is 24.6 Å². The molecular formula is C25H21ClF2N4O3. The molecule has 3 aromatic heterocycles. The van der Waals surface area contributed by atoms with E-state index in [0.29, 0.717) is 22.8 Å². The second-order valence-corrected chi connectivity index (χ2v) is 8.73. The lowest BCUT2D eigenvalue weighted by molar-refractivity contribution is 0.0688. The van der Waals surface area contributed by atoms with Gasteiger partial charge >= 0.3 is 0 Å². The minimum Gasteiger partial charge on any atom is -0.487 e. The summed E-state index contributed by atoms with van der Waals surface area (Å²) in [5, 5.41) is 10.0. The second-order valence-electron chi connectivity index (χ2n) is 8.35. The highest BCUT2D eigenvalue weighted by Crippen LogP contribution is 2.26. The molecule has 1 N–H and O–H groups in total. The number of nitrogens with zero attached hydrogens (tertiary/aromatic N) is 4. The van der Waals surface area contributed by atoms with Crippen LogP contribution in [0.2, 0.25) is 5.02 Å². The minimum atomic E-state index is -1.23. The van der Waals surface area contributed by atoms with Gasteiger partial charge in [0.15, 0.2) is 5.82 Å². The molecule has 10 heteroatoms. The largest absolute Gasteiger partial charge is 0.487 e. The molecule has 4 aromatic rings. The van der Waals surface area contributed by atoms with Gasteiger partial charge in [-0.05, 0) is 51.1 Å². The number of benzene rings is 1. The number of rotatable bonds is 6. The molecule has 0 saturated heterocycles. The summed E-state index contributed by atoms with van der Waals surface area (Å²) < 4.78 is 34.0. The molecule has 7 nitrogen and oxygen atoms in total. The molecule has 0 aliphatic carbocycles. The quantitative estimate of drug-likeness (QED) is 0.413. The SMILES string of the molecule is Cc1cc(OCc2ccc(F)cc2F)c(Cl)c(=O)n1-c1ccnc(-c2ccnc(C(C)(C)O)n2)c1. The van der Waals surface area contributed by atoms with E-state index in [1.807, 2.05) is 0 Å². The topological polar surface area (TPSA) is 90.1 Å². The van der Waals surface area contributed by atoms with Crippen LogP contribution in [0.4, 0.5) is 8.78 Å². The molecule has 0 unspecified atom stereocenters. The van der Waals surface area contributed by atoms with E-state index in [9.17, 15) is 18.7 Å². The second kappa shape index (κ2) is 9.52. The fourth-order valence-corrected chi connectivity index (χ4v) is 3.59. The lowest BCUT2D eigenvalue weighted by Gasteiger charge is -2.16. The Morgan fingerprint density at radius 2 is 1.80 bits per heavy atom. The summed E-state index contributed by atoms with van der Waals surface area (Å²) in [4.78, 5) is 25.9. The molecule has 0 radical (unpaired) electrons. The molecule has 0 fully saturated rings. The van der Waals surface area contributed by atoms with Crippen molar-refractivity contribution in [3.05, 3.63) is 99.0 Å². The lowest BCUT2D eigenvalue weighted by Crippen LogP contribution is -2.22. The van der Waals surface area contributed by atoms with Crippen LogP contribution in [0, 0.1) is 18.6 Å². The van der Waals surface area contributed by atoms with Gasteiger partial charge in [0.2, 0.25) is 0 Å². The number of aliphatic hydroxyl groups is 1. The van der Waals surface area contributed by atoms with Crippen molar-refractivity contribution in [1.82, 2.24) is 19.5 Å². The van der Waals surface area contributed by atoms with Gasteiger partial charge in [-0.1, -0.05) is 11.6 Å². The van der Waals surface area contributed by atoms with E-state index in [2.05, 4.69) is 15.0 Å². The van der Waals surface area contributed by atoms with Crippen molar-refractivity contribution >= 4 is 11.6 Å². The minimum absolute atomic E-state index is 0.0778. The number of aryl methyl sites for hydroxylation is 1. The van der Waals surface area contributed by atoms with Gasteiger partial charge in [-0.15, -0.1) is 0 Å². The molecule has 0 atom stereocenters. The van der Waals surface area contributed by atoms with Gasteiger partial charge in [0.05, 0.1) is 17.1 Å². The number of ether oxygens (including phenoxy) is 1. The zero-order chi connectivity index (χ0) is 25.3. The van der Waals surface area contributed by atoms with Gasteiger partial charge in [0.1, 0.15) is 34.6 Å². The van der Waals surface area contributed by atoms with Crippen molar-refractivity contribution in [2.24, 2.45) is 0 Å². The summed E-state index contributed by atoms with van der Waals surface area (Å²) in [7, 11) is 0. The van der Waals surface area contributed by atoms with Crippen molar-refractivity contribution in [1.29, 1.82) is 0 Å². The highest BCUT2D eigenvalue weighted by Gasteiger charge is 2.21. The predicted octanol–water partition coefficient (Wildman–Crippen LogP) is 4.74. The molecule has 1 aromatic carbocycles. The fraction of sp³-hybridized carbons (Fsp3) is 0.200. The van der Waals surface area contributed by atoms with Crippen LogP contribution in [0.15, 0.2) is 59.7 Å². The maximum absolute atomic E-state index is 13.9. The zero-order valence-electron chi connectivity index (χ0n) is 19.1. The number of aromatic nitrogens is 4. The Labute approximate surface area is 204 Å². The van der Waals surface area contributed by atoms with Crippen molar-refractivity contribution in [2.45, 2.75) is 33.0 Å². The van der Waals surface area contributed by atoms with Gasteiger partial charge in [0, 0.05) is 35.8 Å². The third-order valence-electron chi connectivity index (χ3n) is 5.17. The van der Waals surface area contributed by atoms with Crippen molar-refractivity contribution in [3.63, 3.8) is 0 Å². The highest BCUT2D eigenvalue weighted by atomic mass is 35.5. The van der Waals surface area contributed by atoms with E-state index in [1.54, 1.807) is 45.0 Å². The molecule has 0 amide bonds. The Hall–Kier alpha value is -3.69. The average Bonchev–Trinajstić information content (AvgIpc) is 2.81. The van der Waals surface area contributed by atoms with Gasteiger partial charge in [-0.3, -0.25) is 14.3 Å². The molecule has 0 spiro atoms. The van der Waals surface area contributed by atoms with Crippen LogP contribution in [-0.2, 0) is 12.2 Å². The van der Waals surface area contributed by atoms with E-state index < -0.39 is 22.8 Å².